The molecule has 0 atom stereocenters. The first kappa shape index (κ1) is 15.4. The molecule has 1 saturated heterocycles. The van der Waals surface area contributed by atoms with E-state index in [2.05, 4.69) is 26.8 Å². The van der Waals surface area contributed by atoms with Crippen molar-refractivity contribution in [1.29, 1.82) is 0 Å². The van der Waals surface area contributed by atoms with Gasteiger partial charge < -0.3 is 19.5 Å². The molecule has 0 aliphatic carbocycles. The van der Waals surface area contributed by atoms with Crippen LogP contribution in [0.4, 0.5) is 5.95 Å². The highest BCUT2D eigenvalue weighted by molar-refractivity contribution is 5.91. The maximum atomic E-state index is 12.3. The molecular weight excluding hydrogens is 298 g/mol. The second-order valence-electron chi connectivity index (χ2n) is 5.66. The smallest absolute Gasteiger partial charge is 0.341 e. The van der Waals surface area contributed by atoms with E-state index in [0.29, 0.717) is 18.1 Å². The zero-order chi connectivity index (χ0) is 16.6. The van der Waals surface area contributed by atoms with Gasteiger partial charge in [0.25, 0.3) is 0 Å². The van der Waals surface area contributed by atoms with E-state index in [0.717, 1.165) is 26.2 Å². The molecule has 2 aromatic rings. The second kappa shape index (κ2) is 5.96. The van der Waals surface area contributed by atoms with Gasteiger partial charge in [-0.15, -0.1) is 0 Å². The zero-order valence-corrected chi connectivity index (χ0v) is 13.2. The standard InChI is InChI=1S/C15H19N5O3/c1-3-19-9-11(14(22)23)12(21)10-8-16-15(17-13(10)19)20-6-4-18(2)5-7-20/h8-9H,3-7H2,1-2H3,(H,22,23). The van der Waals surface area contributed by atoms with Crippen LogP contribution in [0, 0.1) is 0 Å². The van der Waals surface area contributed by atoms with Crippen LogP contribution in [-0.4, -0.2) is 63.7 Å². The van der Waals surface area contributed by atoms with Crippen molar-refractivity contribution in [2.45, 2.75) is 13.5 Å². The van der Waals surface area contributed by atoms with Gasteiger partial charge in [0, 0.05) is 45.1 Å². The van der Waals surface area contributed by atoms with Crippen LogP contribution in [0.2, 0.25) is 0 Å². The summed E-state index contributed by atoms with van der Waals surface area (Å²) in [5.41, 5.74) is -0.316. The fourth-order valence-corrected chi connectivity index (χ4v) is 2.72. The minimum atomic E-state index is -1.23. The highest BCUT2D eigenvalue weighted by Crippen LogP contribution is 2.15. The van der Waals surface area contributed by atoms with Crippen LogP contribution >= 0.6 is 0 Å². The van der Waals surface area contributed by atoms with Crippen molar-refractivity contribution < 1.29 is 9.90 Å². The summed E-state index contributed by atoms with van der Waals surface area (Å²) in [4.78, 5) is 36.6. The molecule has 8 heteroatoms. The van der Waals surface area contributed by atoms with Gasteiger partial charge in [-0.2, -0.15) is 4.98 Å². The molecule has 1 fully saturated rings. The number of piperazine rings is 1. The van der Waals surface area contributed by atoms with Crippen LogP contribution in [0.3, 0.4) is 0 Å². The molecule has 8 nitrogen and oxygen atoms in total. The van der Waals surface area contributed by atoms with E-state index in [4.69, 9.17) is 5.11 Å². The third kappa shape index (κ3) is 2.77. The van der Waals surface area contributed by atoms with Gasteiger partial charge in [-0.3, -0.25) is 4.79 Å². The summed E-state index contributed by atoms with van der Waals surface area (Å²) >= 11 is 0. The molecular formula is C15H19N5O3. The highest BCUT2D eigenvalue weighted by atomic mass is 16.4. The number of anilines is 1. The Hall–Kier alpha value is -2.48. The number of hydrogen-bond acceptors (Lipinski definition) is 6. The number of aryl methyl sites for hydroxylation is 1. The molecule has 0 radical (unpaired) electrons. The van der Waals surface area contributed by atoms with Crippen LogP contribution in [0.1, 0.15) is 17.3 Å². The Morgan fingerprint density at radius 3 is 2.61 bits per heavy atom. The summed E-state index contributed by atoms with van der Waals surface area (Å²) < 4.78 is 1.68. The van der Waals surface area contributed by atoms with Crippen LogP contribution in [0.25, 0.3) is 11.0 Å². The molecule has 0 amide bonds. The van der Waals surface area contributed by atoms with E-state index in [1.807, 2.05) is 6.92 Å². The molecule has 0 bridgehead atoms. The quantitative estimate of drug-likeness (QED) is 0.868. The number of nitrogens with zero attached hydrogens (tertiary/aromatic N) is 5. The third-order valence-corrected chi connectivity index (χ3v) is 4.16. The number of pyridine rings is 1. The Morgan fingerprint density at radius 2 is 2.00 bits per heavy atom. The summed E-state index contributed by atoms with van der Waals surface area (Å²) in [6, 6.07) is 0. The maximum absolute atomic E-state index is 12.3. The number of hydrogen-bond donors (Lipinski definition) is 1. The molecule has 0 spiro atoms. The van der Waals surface area contributed by atoms with E-state index in [-0.39, 0.29) is 10.9 Å². The first-order valence-electron chi connectivity index (χ1n) is 7.58. The predicted molar refractivity (Wildman–Crippen MR) is 86.1 cm³/mol. The molecule has 0 saturated carbocycles. The summed E-state index contributed by atoms with van der Waals surface area (Å²) in [5.74, 6) is -0.655. The molecule has 0 unspecified atom stereocenters. The van der Waals surface area contributed by atoms with Gasteiger partial charge in [0.2, 0.25) is 11.4 Å². The third-order valence-electron chi connectivity index (χ3n) is 4.16. The summed E-state index contributed by atoms with van der Waals surface area (Å²) in [6.45, 7) is 5.92. The average molecular weight is 317 g/mol. The minimum Gasteiger partial charge on any atom is -0.477 e. The van der Waals surface area contributed by atoms with Gasteiger partial charge >= 0.3 is 5.97 Å². The highest BCUT2D eigenvalue weighted by Gasteiger charge is 2.19. The molecule has 3 rings (SSSR count). The van der Waals surface area contributed by atoms with Crippen molar-refractivity contribution in [2.24, 2.45) is 0 Å². The Kier molecular flexibility index (Phi) is 3.99. The molecule has 0 aromatic carbocycles. The van der Waals surface area contributed by atoms with Crippen molar-refractivity contribution in [3.8, 4) is 0 Å². The zero-order valence-electron chi connectivity index (χ0n) is 13.2. The fraction of sp³-hybridized carbons (Fsp3) is 0.467. The lowest BCUT2D eigenvalue weighted by atomic mass is 10.2. The van der Waals surface area contributed by atoms with Gasteiger partial charge in [-0.25, -0.2) is 9.78 Å². The van der Waals surface area contributed by atoms with Crippen molar-refractivity contribution in [3.63, 3.8) is 0 Å². The topological polar surface area (TPSA) is 91.6 Å². The van der Waals surface area contributed by atoms with E-state index < -0.39 is 11.4 Å². The number of carboxylic acid groups (broad SMARTS) is 1. The molecule has 3 heterocycles. The second-order valence-corrected chi connectivity index (χ2v) is 5.66. The Labute approximate surface area is 133 Å². The monoisotopic (exact) mass is 317 g/mol. The van der Waals surface area contributed by atoms with Gasteiger partial charge in [0.15, 0.2) is 0 Å². The molecule has 1 N–H and O–H groups in total. The number of fused-ring (bicyclic) bond motifs is 1. The Morgan fingerprint density at radius 1 is 1.30 bits per heavy atom. The molecule has 23 heavy (non-hydrogen) atoms. The van der Waals surface area contributed by atoms with Gasteiger partial charge in [-0.1, -0.05) is 0 Å². The minimum absolute atomic E-state index is 0.240. The van der Waals surface area contributed by atoms with Crippen molar-refractivity contribution in [2.75, 3.05) is 38.1 Å². The van der Waals surface area contributed by atoms with Crippen molar-refractivity contribution >= 4 is 23.0 Å². The van der Waals surface area contributed by atoms with Crippen molar-refractivity contribution in [1.82, 2.24) is 19.4 Å². The number of carboxylic acids is 1. The Balaban J connectivity index is 2.11. The maximum Gasteiger partial charge on any atom is 0.341 e. The van der Waals surface area contributed by atoms with Gasteiger partial charge in [0.05, 0.1) is 5.39 Å². The lowest BCUT2D eigenvalue weighted by Gasteiger charge is -2.32. The van der Waals surface area contributed by atoms with Crippen LogP contribution in [0.15, 0.2) is 17.2 Å². The number of carbonyl (C=O) groups is 1. The summed E-state index contributed by atoms with van der Waals surface area (Å²) in [7, 11) is 2.07. The number of rotatable bonds is 3. The fourth-order valence-electron chi connectivity index (χ4n) is 2.72. The number of aromatic nitrogens is 3. The van der Waals surface area contributed by atoms with Crippen LogP contribution < -0.4 is 10.3 Å². The lowest BCUT2D eigenvalue weighted by molar-refractivity contribution is 0.0695. The van der Waals surface area contributed by atoms with Crippen LogP contribution in [0.5, 0.6) is 0 Å². The Bertz CT molecular complexity index is 809. The van der Waals surface area contributed by atoms with E-state index in [9.17, 15) is 9.59 Å². The summed E-state index contributed by atoms with van der Waals surface area (Å²) in [6.07, 6.45) is 2.80. The number of likely N-dealkylation sites (N-methyl/N-ethyl adjacent to an activating group) is 1. The van der Waals surface area contributed by atoms with Crippen molar-refractivity contribution in [3.05, 3.63) is 28.2 Å². The SMILES string of the molecule is CCn1cc(C(=O)O)c(=O)c2cnc(N3CCN(C)CC3)nc21. The molecule has 122 valence electrons. The van der Waals surface area contributed by atoms with E-state index in [1.165, 1.54) is 12.4 Å². The normalized spacial score (nSPS) is 16.0. The van der Waals surface area contributed by atoms with Gasteiger partial charge in [0.1, 0.15) is 11.2 Å². The first-order valence-corrected chi connectivity index (χ1v) is 7.58. The molecule has 1 aliphatic rings. The predicted octanol–water partition coefficient (Wildman–Crippen LogP) is 0.261. The molecule has 1 aliphatic heterocycles. The average Bonchev–Trinajstić information content (AvgIpc) is 2.55. The first-order chi connectivity index (χ1) is 11.0. The lowest BCUT2D eigenvalue weighted by Crippen LogP contribution is -2.45. The summed E-state index contributed by atoms with van der Waals surface area (Å²) in [5, 5.41) is 9.40. The largest absolute Gasteiger partial charge is 0.477 e. The van der Waals surface area contributed by atoms with Gasteiger partial charge in [-0.05, 0) is 14.0 Å². The molecule has 2 aromatic heterocycles. The van der Waals surface area contributed by atoms with E-state index >= 15 is 0 Å². The van der Waals surface area contributed by atoms with E-state index in [1.54, 1.807) is 4.57 Å². The number of aromatic carboxylic acids is 1. The van der Waals surface area contributed by atoms with Crippen LogP contribution in [-0.2, 0) is 6.54 Å².